The fourth-order valence-corrected chi connectivity index (χ4v) is 7.03. The standard InChI is InChI=1S/C21H14BrN3.C19H22F2N4O3.ClH.Cu/c22-17-9-7-15(8-10-17)16-13-20(18-5-1-3-11-23-18)25-21(14-16)19-6-2-4-12-24-19;1-8-5-24(6-9(2)23-8)17-13(20)15(22)12-16(14(17)21)25(10-3-4-10)7-11(18(12)26)19(27)28;;/h1-14H;7-10,23H,3-6,22H2,1-2H3,(H,27,28);1H;/q;;;+1/p-1/t;8-,9+;;. The van der Waals surface area contributed by atoms with Crippen molar-refractivity contribution in [3.8, 4) is 33.9 Å². The number of aromatic carboxylic acids is 1. The van der Waals surface area contributed by atoms with Gasteiger partial charge in [-0.1, -0.05) is 40.2 Å². The number of benzene rings is 2. The number of nitrogens with two attached hydrogens (primary N) is 1. The van der Waals surface area contributed by atoms with Gasteiger partial charge in [0.2, 0.25) is 5.43 Å². The van der Waals surface area contributed by atoms with Gasteiger partial charge in [0, 0.05) is 54.3 Å². The summed E-state index contributed by atoms with van der Waals surface area (Å²) in [7, 11) is 4.20. The van der Waals surface area contributed by atoms with Gasteiger partial charge >= 0.3 is 31.2 Å². The molecule has 8 rings (SSSR count). The minimum absolute atomic E-state index is 0.0134. The van der Waals surface area contributed by atoms with Gasteiger partial charge in [0.05, 0.1) is 39.4 Å². The van der Waals surface area contributed by atoms with E-state index in [1.807, 2.05) is 62.4 Å². The van der Waals surface area contributed by atoms with Gasteiger partial charge in [0.25, 0.3) is 0 Å². The van der Waals surface area contributed by atoms with Gasteiger partial charge in [-0.15, -0.1) is 0 Å². The maximum atomic E-state index is 15.6. The van der Waals surface area contributed by atoms with Crippen LogP contribution in [-0.2, 0) is 15.1 Å². The van der Waals surface area contributed by atoms with E-state index in [1.165, 1.54) is 4.57 Å². The number of nitrogens with zero attached hydrogens (tertiary/aromatic N) is 5. The first-order valence-corrected chi connectivity index (χ1v) is 19.4. The van der Waals surface area contributed by atoms with Crippen LogP contribution in [0, 0.1) is 11.6 Å². The third-order valence-electron chi connectivity index (χ3n) is 9.27. The molecule has 4 N–H and O–H groups in total. The number of pyridine rings is 4. The molecule has 2 fully saturated rings. The van der Waals surface area contributed by atoms with E-state index in [4.69, 9.17) is 10.7 Å². The van der Waals surface area contributed by atoms with Crippen LogP contribution >= 0.6 is 26.0 Å². The van der Waals surface area contributed by atoms with Crippen molar-refractivity contribution in [3.05, 3.63) is 123 Å². The number of hydrogen-bond acceptors (Lipinski definition) is 8. The number of aromatic nitrogens is 4. The Hall–Kier alpha value is -4.72. The quantitative estimate of drug-likeness (QED) is 0.111. The first kappa shape index (κ1) is 40.0. The van der Waals surface area contributed by atoms with E-state index < -0.39 is 39.7 Å². The number of halogens is 4. The monoisotopic (exact) mass is 877 g/mol. The molecule has 0 amide bonds. The van der Waals surface area contributed by atoms with Crippen LogP contribution in [0.1, 0.15) is 43.1 Å². The summed E-state index contributed by atoms with van der Waals surface area (Å²) in [6.07, 6.45) is 6.17. The molecule has 15 heteroatoms. The Balaban J connectivity index is 0.000000180. The zero-order valence-corrected chi connectivity index (χ0v) is 32.9. The van der Waals surface area contributed by atoms with E-state index in [-0.39, 0.29) is 29.3 Å². The second kappa shape index (κ2) is 17.4. The molecule has 0 spiro atoms. The van der Waals surface area contributed by atoms with E-state index in [0.29, 0.717) is 13.1 Å². The predicted octanol–water partition coefficient (Wildman–Crippen LogP) is 8.40. The molecule has 0 unspecified atom stereocenters. The van der Waals surface area contributed by atoms with Crippen molar-refractivity contribution in [2.45, 2.75) is 44.8 Å². The Labute approximate surface area is 337 Å². The number of piperazine rings is 1. The van der Waals surface area contributed by atoms with Crippen LogP contribution in [0.4, 0.5) is 20.2 Å². The van der Waals surface area contributed by atoms with Gasteiger partial charge in [0.15, 0.2) is 11.6 Å². The van der Waals surface area contributed by atoms with Crippen LogP contribution in [0.2, 0.25) is 0 Å². The summed E-state index contributed by atoms with van der Waals surface area (Å²) < 4.78 is 33.3. The predicted molar refractivity (Wildman–Crippen MR) is 212 cm³/mol. The molecule has 6 aromatic rings. The molecule has 288 valence electrons. The van der Waals surface area contributed by atoms with Crippen molar-refractivity contribution in [3.63, 3.8) is 0 Å². The summed E-state index contributed by atoms with van der Waals surface area (Å²) in [6.45, 7) is 4.60. The van der Waals surface area contributed by atoms with Crippen LogP contribution in [0.5, 0.6) is 0 Å². The van der Waals surface area contributed by atoms with Crippen molar-refractivity contribution in [2.75, 3.05) is 23.7 Å². The molecule has 1 saturated heterocycles. The zero-order chi connectivity index (χ0) is 39.4. The Morgan fingerprint density at radius 2 is 1.45 bits per heavy atom. The fourth-order valence-electron chi connectivity index (χ4n) is 6.76. The second-order valence-electron chi connectivity index (χ2n) is 13.4. The zero-order valence-electron chi connectivity index (χ0n) is 29.6. The molecule has 0 bridgehead atoms. The molecule has 1 aliphatic heterocycles. The molecule has 10 nitrogen and oxygen atoms in total. The summed E-state index contributed by atoms with van der Waals surface area (Å²) in [6, 6.07) is 24.0. The molecule has 55 heavy (non-hydrogen) atoms. The van der Waals surface area contributed by atoms with Crippen LogP contribution in [-0.4, -0.2) is 55.8 Å². The third-order valence-corrected chi connectivity index (χ3v) is 9.80. The number of nitrogen functional groups attached to an aromatic ring is 1. The Morgan fingerprint density at radius 1 is 0.891 bits per heavy atom. The number of hydrogen-bond donors (Lipinski definition) is 3. The van der Waals surface area contributed by atoms with Crippen LogP contribution in [0.3, 0.4) is 0 Å². The first-order chi connectivity index (χ1) is 26.5. The topological polar surface area (TPSA) is 139 Å². The normalized spacial score (nSPS) is 16.5. The molecule has 0 radical (unpaired) electrons. The van der Waals surface area contributed by atoms with Crippen molar-refractivity contribution in [1.29, 1.82) is 0 Å². The summed E-state index contributed by atoms with van der Waals surface area (Å²) in [4.78, 5) is 39.4. The van der Waals surface area contributed by atoms with Crippen molar-refractivity contribution >= 4 is 54.3 Å². The van der Waals surface area contributed by atoms with E-state index in [1.54, 1.807) is 17.3 Å². The van der Waals surface area contributed by atoms with E-state index in [9.17, 15) is 14.7 Å². The molecule has 5 heterocycles. The molecule has 2 aliphatic rings. The van der Waals surface area contributed by atoms with Gasteiger partial charge in [-0.25, -0.2) is 18.6 Å². The van der Waals surface area contributed by atoms with Gasteiger partial charge in [-0.05, 0) is 86.3 Å². The molecule has 4 aromatic heterocycles. The Kier molecular flexibility index (Phi) is 12.6. The molecule has 2 aromatic carbocycles. The number of fused-ring (bicyclic) bond motifs is 1. The first-order valence-electron chi connectivity index (χ1n) is 17.3. The van der Waals surface area contributed by atoms with Crippen LogP contribution in [0.15, 0.2) is 101 Å². The average Bonchev–Trinajstić information content (AvgIpc) is 4.04. The summed E-state index contributed by atoms with van der Waals surface area (Å²) in [5, 5.41) is 12.2. The molecular weight excluding hydrogens is 843 g/mol. The van der Waals surface area contributed by atoms with Crippen LogP contribution < -0.4 is 21.4 Å². The van der Waals surface area contributed by atoms with E-state index >= 15 is 8.78 Å². The van der Waals surface area contributed by atoms with E-state index in [2.05, 4.69) is 80.7 Å². The van der Waals surface area contributed by atoms with Gasteiger partial charge < -0.3 is 25.6 Å². The van der Waals surface area contributed by atoms with Crippen molar-refractivity contribution < 1.29 is 33.8 Å². The number of nitrogens with one attached hydrogen (secondary N) is 1. The molecule has 1 saturated carbocycles. The SMILES string of the molecule is Brc1ccc(-c2cc(-c3ccccn3)nc(-c3ccccn3)c2)cc1.C[C@@H]1CN(c2c(F)c(N)c3c(=O)c(C(=O)O)cn(C4CC4)c3c2F)C[C@H](C)N1.[Cl][Cu]. The number of rotatable bonds is 6. The average molecular weight is 880 g/mol. The maximum absolute atomic E-state index is 15.6. The number of anilines is 2. The van der Waals surface area contributed by atoms with Gasteiger partial charge in [-0.3, -0.25) is 14.8 Å². The minimum atomic E-state index is -1.45. The third kappa shape index (κ3) is 8.74. The van der Waals surface area contributed by atoms with Crippen molar-refractivity contribution in [2.24, 2.45) is 0 Å². The van der Waals surface area contributed by atoms with Gasteiger partial charge in [0.1, 0.15) is 11.3 Å². The van der Waals surface area contributed by atoms with Crippen LogP contribution in [0.25, 0.3) is 44.8 Å². The summed E-state index contributed by atoms with van der Waals surface area (Å²) in [5.74, 6) is -3.34. The number of carboxylic acids is 1. The second-order valence-corrected chi connectivity index (χ2v) is 14.3. The van der Waals surface area contributed by atoms with Crippen molar-refractivity contribution in [1.82, 2.24) is 24.8 Å². The number of carbonyl (C=O) groups is 1. The molecule has 1 aliphatic carbocycles. The number of carboxylic acid groups (broad SMARTS) is 1. The van der Waals surface area contributed by atoms with Gasteiger partial charge in [-0.2, -0.15) is 0 Å². The molecule has 2 atom stereocenters. The summed E-state index contributed by atoms with van der Waals surface area (Å²) >= 11 is 7.15. The fraction of sp³-hybridized carbons (Fsp3) is 0.225. The Bertz CT molecular complexity index is 2320. The van der Waals surface area contributed by atoms with E-state index in [0.717, 1.165) is 57.4 Å². The molecular formula is C40H36BrClCuF2N7O3. The Morgan fingerprint density at radius 3 is 1.95 bits per heavy atom. The summed E-state index contributed by atoms with van der Waals surface area (Å²) in [5.41, 5.74) is 9.11.